The second-order valence-corrected chi connectivity index (χ2v) is 4.82. The molecule has 2 aromatic rings. The van der Waals surface area contributed by atoms with Crippen molar-refractivity contribution in [2.45, 2.75) is 18.6 Å². The van der Waals surface area contributed by atoms with Crippen molar-refractivity contribution in [2.75, 3.05) is 0 Å². The molecule has 2 aromatic carbocycles. The molecule has 2 rings (SSSR count). The van der Waals surface area contributed by atoms with Crippen molar-refractivity contribution in [1.82, 2.24) is 0 Å². The Labute approximate surface area is 131 Å². The standard InChI is InChI=1S/C15H10F7NO/c16-9-3-6-12(14(17,18)19)11(7-9)13(23)8-1-4-10(5-2-8)24-15(20,21)22/h1-7,13H,23H2/t13-/m1/s1. The summed E-state index contributed by atoms with van der Waals surface area (Å²) in [5.41, 5.74) is 4.16. The summed E-state index contributed by atoms with van der Waals surface area (Å²) < 4.78 is 92.1. The lowest BCUT2D eigenvalue weighted by atomic mass is 9.94. The van der Waals surface area contributed by atoms with Crippen LogP contribution in [-0.4, -0.2) is 6.36 Å². The fourth-order valence-corrected chi connectivity index (χ4v) is 2.11. The molecule has 0 unspecified atom stereocenters. The van der Waals surface area contributed by atoms with Gasteiger partial charge in [0.15, 0.2) is 0 Å². The lowest BCUT2D eigenvalue weighted by Gasteiger charge is -2.19. The molecule has 0 aliphatic carbocycles. The first kappa shape index (κ1) is 18.1. The van der Waals surface area contributed by atoms with Crippen molar-refractivity contribution in [3.05, 3.63) is 65.0 Å². The third-order valence-electron chi connectivity index (χ3n) is 3.13. The van der Waals surface area contributed by atoms with Gasteiger partial charge >= 0.3 is 12.5 Å². The summed E-state index contributed by atoms with van der Waals surface area (Å²) in [5, 5.41) is 0. The molecular formula is C15H10F7NO. The molecule has 9 heteroatoms. The van der Waals surface area contributed by atoms with Crippen LogP contribution in [0.2, 0.25) is 0 Å². The molecule has 2 N–H and O–H groups in total. The van der Waals surface area contributed by atoms with Crippen LogP contribution in [0.15, 0.2) is 42.5 Å². The third-order valence-corrected chi connectivity index (χ3v) is 3.13. The molecule has 1 atom stereocenters. The lowest BCUT2D eigenvalue weighted by Crippen LogP contribution is -2.19. The highest BCUT2D eigenvalue weighted by Crippen LogP contribution is 2.36. The van der Waals surface area contributed by atoms with Crippen LogP contribution in [0.1, 0.15) is 22.7 Å². The second kappa shape index (κ2) is 6.31. The Bertz CT molecular complexity index is 707. The van der Waals surface area contributed by atoms with Crippen molar-refractivity contribution in [1.29, 1.82) is 0 Å². The highest BCUT2D eigenvalue weighted by atomic mass is 19.4. The zero-order valence-corrected chi connectivity index (χ0v) is 11.8. The average Bonchev–Trinajstić information content (AvgIpc) is 2.44. The molecule has 0 heterocycles. The smallest absolute Gasteiger partial charge is 0.406 e. The maximum absolute atomic E-state index is 13.3. The van der Waals surface area contributed by atoms with E-state index in [-0.39, 0.29) is 5.56 Å². The molecule has 0 amide bonds. The van der Waals surface area contributed by atoms with E-state index in [0.717, 1.165) is 24.3 Å². The zero-order valence-electron chi connectivity index (χ0n) is 11.8. The molecule has 0 saturated heterocycles. The van der Waals surface area contributed by atoms with Crippen LogP contribution in [0.25, 0.3) is 0 Å². The normalized spacial score (nSPS) is 13.7. The van der Waals surface area contributed by atoms with Gasteiger partial charge in [-0.1, -0.05) is 12.1 Å². The fourth-order valence-electron chi connectivity index (χ4n) is 2.11. The van der Waals surface area contributed by atoms with Crippen molar-refractivity contribution in [3.8, 4) is 5.75 Å². The van der Waals surface area contributed by atoms with E-state index >= 15 is 0 Å². The van der Waals surface area contributed by atoms with Crippen LogP contribution >= 0.6 is 0 Å². The molecule has 0 saturated carbocycles. The average molecular weight is 353 g/mol. The number of ether oxygens (including phenoxy) is 1. The first-order valence-corrected chi connectivity index (χ1v) is 6.45. The number of benzene rings is 2. The highest BCUT2D eigenvalue weighted by molar-refractivity contribution is 5.40. The van der Waals surface area contributed by atoms with E-state index in [4.69, 9.17) is 5.73 Å². The maximum atomic E-state index is 13.3. The van der Waals surface area contributed by atoms with Crippen LogP contribution in [0.4, 0.5) is 30.7 Å². The minimum atomic E-state index is -4.89. The third kappa shape index (κ3) is 4.38. The van der Waals surface area contributed by atoms with E-state index < -0.39 is 41.3 Å². The minimum absolute atomic E-state index is 0.0700. The summed E-state index contributed by atoms with van der Waals surface area (Å²) in [5.74, 6) is -1.46. The van der Waals surface area contributed by atoms with Crippen molar-refractivity contribution < 1.29 is 35.5 Å². The molecule has 0 bridgehead atoms. The Kier molecular flexibility index (Phi) is 4.75. The molecular weight excluding hydrogens is 343 g/mol. The number of alkyl halides is 6. The molecule has 0 fully saturated rings. The largest absolute Gasteiger partial charge is 0.573 e. The molecule has 130 valence electrons. The summed E-state index contributed by atoms with van der Waals surface area (Å²) >= 11 is 0. The molecule has 2 nitrogen and oxygen atoms in total. The van der Waals surface area contributed by atoms with Crippen LogP contribution in [-0.2, 0) is 6.18 Å². The summed E-state index contributed by atoms with van der Waals surface area (Å²) in [6, 6.07) is 4.47. The molecule has 0 aliphatic heterocycles. The summed E-state index contributed by atoms with van der Waals surface area (Å²) in [6.07, 6.45) is -9.64. The van der Waals surface area contributed by atoms with Crippen molar-refractivity contribution >= 4 is 0 Å². The van der Waals surface area contributed by atoms with Gasteiger partial charge in [-0.15, -0.1) is 13.2 Å². The first-order chi connectivity index (χ1) is 11.0. The topological polar surface area (TPSA) is 35.2 Å². The Balaban J connectivity index is 2.35. The molecule has 0 spiro atoms. The van der Waals surface area contributed by atoms with Gasteiger partial charge < -0.3 is 10.5 Å². The van der Waals surface area contributed by atoms with Crippen LogP contribution < -0.4 is 10.5 Å². The lowest BCUT2D eigenvalue weighted by molar-refractivity contribution is -0.274. The van der Waals surface area contributed by atoms with Gasteiger partial charge in [0.05, 0.1) is 11.6 Å². The van der Waals surface area contributed by atoms with E-state index in [2.05, 4.69) is 4.74 Å². The van der Waals surface area contributed by atoms with Crippen LogP contribution in [0, 0.1) is 5.82 Å². The number of hydrogen-bond acceptors (Lipinski definition) is 2. The number of halogens is 7. The van der Waals surface area contributed by atoms with Gasteiger partial charge in [0.1, 0.15) is 11.6 Å². The van der Waals surface area contributed by atoms with Gasteiger partial charge in [0.25, 0.3) is 0 Å². The van der Waals surface area contributed by atoms with E-state index in [9.17, 15) is 30.7 Å². The minimum Gasteiger partial charge on any atom is -0.406 e. The first-order valence-electron chi connectivity index (χ1n) is 6.45. The van der Waals surface area contributed by atoms with Crippen molar-refractivity contribution in [3.63, 3.8) is 0 Å². The fraction of sp³-hybridized carbons (Fsp3) is 0.200. The summed E-state index contributed by atoms with van der Waals surface area (Å²) in [6.45, 7) is 0. The number of hydrogen-bond donors (Lipinski definition) is 1. The Hall–Kier alpha value is -2.29. The van der Waals surface area contributed by atoms with Gasteiger partial charge in [-0.05, 0) is 41.5 Å². The molecule has 0 radical (unpaired) electrons. The Morgan fingerprint density at radius 3 is 1.96 bits per heavy atom. The summed E-state index contributed by atoms with van der Waals surface area (Å²) in [7, 11) is 0. The molecule has 24 heavy (non-hydrogen) atoms. The van der Waals surface area contributed by atoms with Crippen molar-refractivity contribution in [2.24, 2.45) is 5.73 Å². The van der Waals surface area contributed by atoms with Gasteiger partial charge in [-0.3, -0.25) is 0 Å². The van der Waals surface area contributed by atoms with Gasteiger partial charge in [-0.2, -0.15) is 13.2 Å². The maximum Gasteiger partial charge on any atom is 0.573 e. The number of nitrogens with two attached hydrogens (primary N) is 1. The SMILES string of the molecule is N[C@H](c1ccc(OC(F)(F)F)cc1)c1cc(F)ccc1C(F)(F)F. The van der Waals surface area contributed by atoms with E-state index in [0.29, 0.717) is 18.2 Å². The van der Waals surface area contributed by atoms with E-state index in [1.54, 1.807) is 0 Å². The van der Waals surface area contributed by atoms with Gasteiger partial charge in [0.2, 0.25) is 0 Å². The zero-order chi connectivity index (χ0) is 18.1. The van der Waals surface area contributed by atoms with Crippen LogP contribution in [0.5, 0.6) is 5.75 Å². The predicted octanol–water partition coefficient (Wildman–Crippen LogP) is 4.79. The number of rotatable bonds is 3. The van der Waals surface area contributed by atoms with E-state index in [1.807, 2.05) is 0 Å². The Morgan fingerprint density at radius 1 is 0.875 bits per heavy atom. The van der Waals surface area contributed by atoms with Crippen LogP contribution in [0.3, 0.4) is 0 Å². The predicted molar refractivity (Wildman–Crippen MR) is 70.6 cm³/mol. The van der Waals surface area contributed by atoms with Gasteiger partial charge in [-0.25, -0.2) is 4.39 Å². The van der Waals surface area contributed by atoms with E-state index in [1.165, 1.54) is 0 Å². The quantitative estimate of drug-likeness (QED) is 0.805. The van der Waals surface area contributed by atoms with Gasteiger partial charge in [0, 0.05) is 0 Å². The second-order valence-electron chi connectivity index (χ2n) is 4.82. The highest BCUT2D eigenvalue weighted by Gasteiger charge is 2.35. The molecule has 0 aliphatic rings. The summed E-state index contributed by atoms with van der Waals surface area (Å²) in [4.78, 5) is 0. The monoisotopic (exact) mass is 353 g/mol. The molecule has 0 aromatic heterocycles. The Morgan fingerprint density at radius 2 is 1.46 bits per heavy atom.